The van der Waals surface area contributed by atoms with Crippen LogP contribution in [0.1, 0.15) is 66.8 Å². The van der Waals surface area contributed by atoms with Gasteiger partial charge in [-0.1, -0.05) is 37.5 Å². The molecule has 5 nitrogen and oxygen atoms in total. The number of aromatic nitrogens is 1. The summed E-state index contributed by atoms with van der Waals surface area (Å²) in [6.07, 6.45) is 11.1. The third-order valence-corrected chi connectivity index (χ3v) is 6.78. The van der Waals surface area contributed by atoms with Gasteiger partial charge in [0, 0.05) is 24.0 Å². The van der Waals surface area contributed by atoms with Crippen LogP contribution in [0.2, 0.25) is 0 Å². The van der Waals surface area contributed by atoms with Crippen molar-refractivity contribution in [3.05, 3.63) is 59.2 Å². The summed E-state index contributed by atoms with van der Waals surface area (Å²) < 4.78 is 2.96. The predicted molar refractivity (Wildman–Crippen MR) is 130 cm³/mol. The van der Waals surface area contributed by atoms with Gasteiger partial charge < -0.3 is 15.2 Å². The molecule has 3 rings (SSSR count). The molecule has 0 aliphatic heterocycles. The maximum Gasteiger partial charge on any atom is 0.251 e. The van der Waals surface area contributed by atoms with E-state index in [2.05, 4.69) is 39.7 Å². The normalized spacial score (nSPS) is 14.4. The van der Waals surface area contributed by atoms with E-state index < -0.39 is 0 Å². The monoisotopic (exact) mass is 485 g/mol. The molecular formula is C25H32BrN3O2. The van der Waals surface area contributed by atoms with Crippen molar-refractivity contribution in [2.45, 2.75) is 57.4 Å². The van der Waals surface area contributed by atoms with Crippen LogP contribution < -0.4 is 10.6 Å². The highest BCUT2D eigenvalue weighted by atomic mass is 79.9. The minimum Gasteiger partial charge on any atom is -0.354 e. The maximum absolute atomic E-state index is 12.6. The summed E-state index contributed by atoms with van der Waals surface area (Å²) in [6, 6.07) is 5.84. The fourth-order valence-electron chi connectivity index (χ4n) is 4.32. The summed E-state index contributed by atoms with van der Waals surface area (Å²) in [5.41, 5.74) is 2.79. The van der Waals surface area contributed by atoms with Crippen molar-refractivity contribution >= 4 is 38.6 Å². The number of benzene rings is 1. The summed E-state index contributed by atoms with van der Waals surface area (Å²) >= 11 is 3.81. The zero-order valence-electron chi connectivity index (χ0n) is 18.1. The molecule has 0 radical (unpaired) electrons. The Labute approximate surface area is 193 Å². The molecule has 0 bridgehead atoms. The van der Waals surface area contributed by atoms with E-state index in [1.165, 1.54) is 24.8 Å². The van der Waals surface area contributed by atoms with E-state index in [4.69, 9.17) is 0 Å². The van der Waals surface area contributed by atoms with Gasteiger partial charge in [0.15, 0.2) is 0 Å². The van der Waals surface area contributed by atoms with Gasteiger partial charge in [-0.15, -0.1) is 13.2 Å². The van der Waals surface area contributed by atoms with Gasteiger partial charge in [0.2, 0.25) is 5.91 Å². The second kappa shape index (κ2) is 11.3. The lowest BCUT2D eigenvalue weighted by Crippen LogP contribution is -2.28. The highest BCUT2D eigenvalue weighted by Gasteiger charge is 2.25. The summed E-state index contributed by atoms with van der Waals surface area (Å²) in [5, 5.41) is 6.99. The number of nitrogens with zero attached hydrogens (tertiary/aromatic N) is 1. The van der Waals surface area contributed by atoms with Crippen molar-refractivity contribution in [2.75, 3.05) is 13.1 Å². The largest absolute Gasteiger partial charge is 0.354 e. The van der Waals surface area contributed by atoms with E-state index in [1.54, 1.807) is 12.2 Å². The lowest BCUT2D eigenvalue weighted by Gasteiger charge is -2.22. The molecule has 166 valence electrons. The number of hydrogen-bond donors (Lipinski definition) is 2. The molecule has 1 aliphatic rings. The Hall–Kier alpha value is -2.34. The fourth-order valence-corrected chi connectivity index (χ4v) is 5.18. The molecule has 1 aliphatic carbocycles. The molecule has 1 aromatic heterocycles. The summed E-state index contributed by atoms with van der Waals surface area (Å²) in [5.74, 6) is 0.320. The lowest BCUT2D eigenvalue weighted by molar-refractivity contribution is -0.121. The van der Waals surface area contributed by atoms with Crippen LogP contribution in [0, 0.1) is 0 Å². The van der Waals surface area contributed by atoms with E-state index in [0.717, 1.165) is 41.2 Å². The van der Waals surface area contributed by atoms with Crippen molar-refractivity contribution in [2.24, 2.45) is 0 Å². The Morgan fingerprint density at radius 2 is 1.74 bits per heavy atom. The second-order valence-corrected chi connectivity index (χ2v) is 8.87. The number of fused-ring (bicyclic) bond motifs is 1. The van der Waals surface area contributed by atoms with E-state index in [0.29, 0.717) is 24.6 Å². The van der Waals surface area contributed by atoms with Gasteiger partial charge in [0.25, 0.3) is 5.91 Å². The Morgan fingerprint density at radius 1 is 1.06 bits per heavy atom. The summed E-state index contributed by atoms with van der Waals surface area (Å²) in [4.78, 5) is 25.2. The first kappa shape index (κ1) is 23.3. The number of hydrogen-bond acceptors (Lipinski definition) is 2. The van der Waals surface area contributed by atoms with Crippen LogP contribution in [0.15, 0.2) is 48.1 Å². The van der Waals surface area contributed by atoms with Crippen LogP contribution in [0.3, 0.4) is 0 Å². The van der Waals surface area contributed by atoms with Crippen LogP contribution in [0.5, 0.6) is 0 Å². The Morgan fingerprint density at radius 3 is 2.42 bits per heavy atom. The third-order valence-electron chi connectivity index (χ3n) is 5.92. The van der Waals surface area contributed by atoms with Crippen molar-refractivity contribution in [3.63, 3.8) is 0 Å². The average molecular weight is 486 g/mol. The number of halogens is 1. The quantitative estimate of drug-likeness (QED) is 0.347. The smallest absolute Gasteiger partial charge is 0.251 e. The van der Waals surface area contributed by atoms with Gasteiger partial charge >= 0.3 is 0 Å². The third kappa shape index (κ3) is 5.67. The molecule has 0 atom stereocenters. The molecule has 2 aromatic rings. The first-order chi connectivity index (χ1) is 15.1. The van der Waals surface area contributed by atoms with E-state index in [-0.39, 0.29) is 18.4 Å². The molecule has 0 saturated heterocycles. The van der Waals surface area contributed by atoms with Crippen molar-refractivity contribution in [3.8, 4) is 0 Å². The van der Waals surface area contributed by atoms with Crippen LogP contribution in [0.25, 0.3) is 10.9 Å². The Bertz CT molecular complexity index is 957. The Balaban J connectivity index is 1.96. The van der Waals surface area contributed by atoms with Crippen LogP contribution in [-0.2, 0) is 11.3 Å². The number of nitrogens with one attached hydrogen (secondary N) is 2. The average Bonchev–Trinajstić information content (AvgIpc) is 3.05. The lowest BCUT2D eigenvalue weighted by atomic mass is 9.84. The molecular weight excluding hydrogens is 454 g/mol. The molecule has 6 heteroatoms. The van der Waals surface area contributed by atoms with Crippen molar-refractivity contribution in [1.29, 1.82) is 0 Å². The number of carbonyl (C=O) groups is 2. The molecule has 31 heavy (non-hydrogen) atoms. The molecule has 2 N–H and O–H groups in total. The minimum absolute atomic E-state index is 0.0459. The molecule has 0 unspecified atom stereocenters. The number of amides is 2. The number of carbonyl (C=O) groups excluding carboxylic acids is 2. The highest BCUT2D eigenvalue weighted by Crippen LogP contribution is 2.42. The first-order valence-electron chi connectivity index (χ1n) is 11.1. The molecule has 0 spiro atoms. The van der Waals surface area contributed by atoms with Gasteiger partial charge in [-0.25, -0.2) is 0 Å². The van der Waals surface area contributed by atoms with Gasteiger partial charge in [-0.05, 0) is 65.2 Å². The maximum atomic E-state index is 12.6. The van der Waals surface area contributed by atoms with Gasteiger partial charge in [0.1, 0.15) is 6.54 Å². The SMILES string of the molecule is C=CCCNC(=O)Cn1c(Br)c(C2CCCCC2)c2ccc(C(=O)NCCC=C)cc21. The highest BCUT2D eigenvalue weighted by molar-refractivity contribution is 9.10. The van der Waals surface area contributed by atoms with Crippen molar-refractivity contribution in [1.82, 2.24) is 15.2 Å². The second-order valence-electron chi connectivity index (χ2n) is 8.12. The van der Waals surface area contributed by atoms with E-state index in [1.807, 2.05) is 22.8 Å². The first-order valence-corrected chi connectivity index (χ1v) is 11.9. The molecule has 2 amide bonds. The topological polar surface area (TPSA) is 63.1 Å². The number of rotatable bonds is 10. The summed E-state index contributed by atoms with van der Waals surface area (Å²) in [6.45, 7) is 8.73. The standard InChI is InChI=1S/C25H32BrN3O2/c1-3-5-14-27-22(30)17-29-21-16-19(25(31)28-15-6-4-2)12-13-20(21)23(24(29)26)18-10-8-7-9-11-18/h3-4,12-13,16,18H,1-2,5-11,14-15,17H2,(H,27,30)(H,28,31). The van der Waals surface area contributed by atoms with Crippen molar-refractivity contribution < 1.29 is 9.59 Å². The zero-order valence-corrected chi connectivity index (χ0v) is 19.7. The van der Waals surface area contributed by atoms with Gasteiger partial charge in [0.05, 0.1) is 10.1 Å². The van der Waals surface area contributed by atoms with Crippen LogP contribution in [0.4, 0.5) is 0 Å². The van der Waals surface area contributed by atoms with E-state index in [9.17, 15) is 9.59 Å². The summed E-state index contributed by atoms with van der Waals surface area (Å²) in [7, 11) is 0. The minimum atomic E-state index is -0.109. The fraction of sp³-hybridized carbons (Fsp3) is 0.440. The molecule has 1 fully saturated rings. The van der Waals surface area contributed by atoms with Crippen LogP contribution >= 0.6 is 15.9 Å². The zero-order chi connectivity index (χ0) is 22.2. The molecule has 1 aromatic carbocycles. The predicted octanol–water partition coefficient (Wildman–Crippen LogP) is 5.45. The van der Waals surface area contributed by atoms with Gasteiger partial charge in [-0.3, -0.25) is 9.59 Å². The Kier molecular flexibility index (Phi) is 8.52. The van der Waals surface area contributed by atoms with E-state index >= 15 is 0 Å². The molecule has 1 heterocycles. The van der Waals surface area contributed by atoms with Crippen LogP contribution in [-0.4, -0.2) is 29.5 Å². The van der Waals surface area contributed by atoms with Gasteiger partial charge in [-0.2, -0.15) is 0 Å². The molecule has 1 saturated carbocycles.